The molecule has 2 aromatic heterocycles. The summed E-state index contributed by atoms with van der Waals surface area (Å²) in [6.45, 7) is 2.37. The van der Waals surface area contributed by atoms with E-state index in [1.807, 2.05) is 24.4 Å². The molecule has 0 N–H and O–H groups in total. The maximum atomic E-state index is 12.5. The maximum absolute atomic E-state index is 12.5. The lowest BCUT2D eigenvalue weighted by atomic mass is 10.2. The van der Waals surface area contributed by atoms with Crippen molar-refractivity contribution in [3.63, 3.8) is 0 Å². The molecule has 0 atom stereocenters. The normalized spacial score (nSPS) is 14.0. The summed E-state index contributed by atoms with van der Waals surface area (Å²) in [6, 6.07) is 12.9. The molecule has 0 spiro atoms. The van der Waals surface area contributed by atoms with E-state index < -0.39 is 0 Å². The van der Waals surface area contributed by atoms with E-state index in [2.05, 4.69) is 16.2 Å². The van der Waals surface area contributed by atoms with Crippen LogP contribution in [-0.2, 0) is 4.74 Å². The highest BCUT2D eigenvalue weighted by molar-refractivity contribution is 5.94. The Labute approximate surface area is 156 Å². The van der Waals surface area contributed by atoms with Crippen LogP contribution < -0.4 is 0 Å². The molecule has 0 radical (unpaired) electrons. The lowest BCUT2D eigenvalue weighted by molar-refractivity contribution is 0.0302. The first-order valence-corrected chi connectivity index (χ1v) is 8.63. The summed E-state index contributed by atoms with van der Waals surface area (Å²) >= 11 is 0. The fourth-order valence-electron chi connectivity index (χ4n) is 2.93. The monoisotopic (exact) mass is 359 g/mol. The minimum atomic E-state index is -0.0226. The number of benzene rings is 1. The molecule has 134 valence electrons. The van der Waals surface area contributed by atoms with Crippen LogP contribution in [0.25, 0.3) is 16.9 Å². The number of morpholine rings is 1. The zero-order chi connectivity index (χ0) is 18.6. The molecule has 1 aromatic carbocycles. The predicted molar refractivity (Wildman–Crippen MR) is 98.2 cm³/mol. The number of carbonyl (C=O) groups excluding carboxylic acids is 1. The van der Waals surface area contributed by atoms with Gasteiger partial charge in [0.2, 0.25) is 0 Å². The van der Waals surface area contributed by atoms with Gasteiger partial charge in [0.25, 0.3) is 5.91 Å². The number of carbonyl (C=O) groups is 1. The fourth-order valence-corrected chi connectivity index (χ4v) is 2.93. The average molecular weight is 359 g/mol. The van der Waals surface area contributed by atoms with Gasteiger partial charge < -0.3 is 9.64 Å². The smallest absolute Gasteiger partial charge is 0.255 e. The van der Waals surface area contributed by atoms with Crippen LogP contribution in [0, 0.1) is 11.3 Å². The minimum absolute atomic E-state index is 0.0226. The highest BCUT2D eigenvalue weighted by atomic mass is 16.5. The van der Waals surface area contributed by atoms with Crippen LogP contribution in [0.1, 0.15) is 15.9 Å². The van der Waals surface area contributed by atoms with Crippen LogP contribution in [0.15, 0.2) is 55.0 Å². The fraction of sp³-hybridized carbons (Fsp3) is 0.200. The maximum Gasteiger partial charge on any atom is 0.255 e. The van der Waals surface area contributed by atoms with Crippen molar-refractivity contribution >= 4 is 5.91 Å². The Morgan fingerprint density at radius 3 is 2.52 bits per heavy atom. The highest BCUT2D eigenvalue weighted by Gasteiger charge is 2.18. The van der Waals surface area contributed by atoms with Gasteiger partial charge in [0.15, 0.2) is 0 Å². The number of nitriles is 1. The van der Waals surface area contributed by atoms with Crippen molar-refractivity contribution in [2.75, 3.05) is 26.3 Å². The number of pyridine rings is 1. The third-order valence-electron chi connectivity index (χ3n) is 4.45. The molecule has 7 nitrogen and oxygen atoms in total. The van der Waals surface area contributed by atoms with E-state index in [0.717, 1.165) is 16.9 Å². The van der Waals surface area contributed by atoms with Gasteiger partial charge in [0.1, 0.15) is 0 Å². The van der Waals surface area contributed by atoms with Gasteiger partial charge >= 0.3 is 0 Å². The lowest BCUT2D eigenvalue weighted by Crippen LogP contribution is -2.40. The second-order valence-electron chi connectivity index (χ2n) is 6.17. The third kappa shape index (κ3) is 3.57. The average Bonchev–Trinajstić information content (AvgIpc) is 3.24. The van der Waals surface area contributed by atoms with Crippen molar-refractivity contribution in [3.8, 4) is 23.0 Å². The molecule has 4 rings (SSSR count). The van der Waals surface area contributed by atoms with E-state index in [9.17, 15) is 4.79 Å². The van der Waals surface area contributed by atoms with Gasteiger partial charge in [-0.3, -0.25) is 9.78 Å². The zero-order valence-corrected chi connectivity index (χ0v) is 14.6. The van der Waals surface area contributed by atoms with Gasteiger partial charge in [-0.25, -0.2) is 4.68 Å². The summed E-state index contributed by atoms with van der Waals surface area (Å²) in [6.07, 6.45) is 5.20. The molecule has 0 unspecified atom stereocenters. The number of hydrogen-bond donors (Lipinski definition) is 0. The van der Waals surface area contributed by atoms with E-state index in [-0.39, 0.29) is 5.91 Å². The van der Waals surface area contributed by atoms with Crippen LogP contribution in [0.5, 0.6) is 0 Å². The summed E-state index contributed by atoms with van der Waals surface area (Å²) in [5.74, 6) is -0.0226. The topological polar surface area (TPSA) is 84.0 Å². The Balaban J connectivity index is 1.51. The Morgan fingerprint density at radius 2 is 1.85 bits per heavy atom. The Kier molecular flexibility index (Phi) is 4.64. The molecule has 3 aromatic rings. The highest BCUT2D eigenvalue weighted by Crippen LogP contribution is 2.19. The van der Waals surface area contributed by atoms with Crippen molar-refractivity contribution in [3.05, 3.63) is 66.1 Å². The zero-order valence-electron chi connectivity index (χ0n) is 14.6. The van der Waals surface area contributed by atoms with E-state index in [4.69, 9.17) is 10.00 Å². The summed E-state index contributed by atoms with van der Waals surface area (Å²) in [7, 11) is 0. The summed E-state index contributed by atoms with van der Waals surface area (Å²) in [5.41, 5.74) is 3.63. The number of nitrogens with zero attached hydrogens (tertiary/aromatic N) is 5. The minimum Gasteiger partial charge on any atom is -0.378 e. The standard InChI is InChI=1S/C20H17N5O2/c21-11-15-1-4-18(5-2-15)25-14-17(13-23-25)19-6-3-16(12-22-19)20(26)24-7-9-27-10-8-24/h1-6,12-14H,7-10H2. The van der Waals surface area contributed by atoms with Gasteiger partial charge in [0.05, 0.1) is 48.0 Å². The van der Waals surface area contributed by atoms with Crippen LogP contribution >= 0.6 is 0 Å². The molecule has 1 amide bonds. The quantitative estimate of drug-likeness (QED) is 0.716. The van der Waals surface area contributed by atoms with Crippen molar-refractivity contribution in [1.82, 2.24) is 19.7 Å². The van der Waals surface area contributed by atoms with Crippen LogP contribution in [-0.4, -0.2) is 51.9 Å². The first kappa shape index (κ1) is 16.9. The second-order valence-corrected chi connectivity index (χ2v) is 6.17. The Bertz CT molecular complexity index is 980. The molecule has 0 aliphatic carbocycles. The number of aromatic nitrogens is 3. The summed E-state index contributed by atoms with van der Waals surface area (Å²) in [5, 5.41) is 13.2. The molecule has 1 aliphatic heterocycles. The lowest BCUT2D eigenvalue weighted by Gasteiger charge is -2.26. The van der Waals surface area contributed by atoms with Crippen LogP contribution in [0.2, 0.25) is 0 Å². The number of hydrogen-bond acceptors (Lipinski definition) is 5. The number of rotatable bonds is 3. The summed E-state index contributed by atoms with van der Waals surface area (Å²) in [4.78, 5) is 18.7. The van der Waals surface area contributed by atoms with E-state index >= 15 is 0 Å². The van der Waals surface area contributed by atoms with Crippen LogP contribution in [0.4, 0.5) is 0 Å². The van der Waals surface area contributed by atoms with E-state index in [1.54, 1.807) is 40.2 Å². The molecule has 7 heteroatoms. The number of amides is 1. The Morgan fingerprint density at radius 1 is 1.07 bits per heavy atom. The Hall–Kier alpha value is -3.50. The molecule has 1 fully saturated rings. The summed E-state index contributed by atoms with van der Waals surface area (Å²) < 4.78 is 7.01. The second kappa shape index (κ2) is 7.40. The molecular formula is C20H17N5O2. The van der Waals surface area contributed by atoms with Gasteiger partial charge in [-0.2, -0.15) is 10.4 Å². The SMILES string of the molecule is N#Cc1ccc(-n2cc(-c3ccc(C(=O)N4CCOCC4)cn3)cn2)cc1. The van der Waals surface area contributed by atoms with Gasteiger partial charge in [-0.05, 0) is 36.4 Å². The molecule has 1 aliphatic rings. The number of ether oxygens (including phenoxy) is 1. The predicted octanol–water partition coefficient (Wildman–Crippen LogP) is 2.28. The molecule has 0 saturated carbocycles. The molecule has 0 bridgehead atoms. The van der Waals surface area contributed by atoms with Gasteiger partial charge in [-0.1, -0.05) is 0 Å². The van der Waals surface area contributed by atoms with Gasteiger partial charge in [0, 0.05) is 31.0 Å². The van der Waals surface area contributed by atoms with Crippen molar-refractivity contribution < 1.29 is 9.53 Å². The third-order valence-corrected chi connectivity index (χ3v) is 4.45. The van der Waals surface area contributed by atoms with Crippen molar-refractivity contribution in [1.29, 1.82) is 5.26 Å². The molecule has 27 heavy (non-hydrogen) atoms. The van der Waals surface area contributed by atoms with E-state index in [0.29, 0.717) is 37.4 Å². The molecule has 1 saturated heterocycles. The molecule has 3 heterocycles. The first-order chi connectivity index (χ1) is 13.2. The van der Waals surface area contributed by atoms with Crippen molar-refractivity contribution in [2.45, 2.75) is 0 Å². The van der Waals surface area contributed by atoms with Crippen LogP contribution in [0.3, 0.4) is 0 Å². The van der Waals surface area contributed by atoms with E-state index in [1.165, 1.54) is 0 Å². The molecular weight excluding hydrogens is 342 g/mol. The first-order valence-electron chi connectivity index (χ1n) is 8.63. The van der Waals surface area contributed by atoms with Gasteiger partial charge in [-0.15, -0.1) is 0 Å². The van der Waals surface area contributed by atoms with Crippen molar-refractivity contribution in [2.24, 2.45) is 0 Å². The largest absolute Gasteiger partial charge is 0.378 e.